The smallest absolute Gasteiger partial charge is 0.233 e. The first kappa shape index (κ1) is 14.3. The van der Waals surface area contributed by atoms with Gasteiger partial charge in [0, 0.05) is 26.7 Å². The molecule has 5 N–H and O–H groups in total. The monoisotopic (exact) mass is 317 g/mol. The maximum absolute atomic E-state index is 11.0. The Morgan fingerprint density at radius 1 is 1.59 bits per heavy atom. The third-order valence-electron chi connectivity index (χ3n) is 2.22. The number of rotatable bonds is 5. The van der Waals surface area contributed by atoms with E-state index in [1.54, 1.807) is 11.8 Å². The average Bonchev–Trinajstić information content (AvgIpc) is 2.29. The predicted octanol–water partition coefficient (Wildman–Crippen LogP) is 2.28. The van der Waals surface area contributed by atoms with Crippen molar-refractivity contribution in [2.75, 3.05) is 5.73 Å². The fraction of sp³-hybridized carbons (Fsp3) is 0.364. The molecule has 1 amide bonds. The maximum atomic E-state index is 11.0. The Morgan fingerprint density at radius 2 is 2.29 bits per heavy atom. The van der Waals surface area contributed by atoms with Crippen LogP contribution in [-0.2, 0) is 4.79 Å². The normalized spacial score (nSPS) is 12.2. The molecule has 0 saturated heterocycles. The van der Waals surface area contributed by atoms with Crippen LogP contribution in [0.15, 0.2) is 27.6 Å². The van der Waals surface area contributed by atoms with E-state index < -0.39 is 0 Å². The summed E-state index contributed by atoms with van der Waals surface area (Å²) >= 11 is 5.18. The first-order valence-electron chi connectivity index (χ1n) is 5.24. The molecule has 0 aliphatic heterocycles. The van der Waals surface area contributed by atoms with Gasteiger partial charge in [-0.25, -0.2) is 5.84 Å². The first-order valence-corrected chi connectivity index (χ1v) is 6.91. The van der Waals surface area contributed by atoms with Crippen molar-refractivity contribution in [2.45, 2.75) is 29.9 Å². The van der Waals surface area contributed by atoms with E-state index in [4.69, 9.17) is 11.6 Å². The van der Waals surface area contributed by atoms with Gasteiger partial charge in [-0.1, -0.05) is 6.92 Å². The van der Waals surface area contributed by atoms with E-state index in [9.17, 15) is 4.79 Å². The number of hydrazine groups is 1. The van der Waals surface area contributed by atoms with E-state index in [2.05, 4.69) is 28.3 Å². The third kappa shape index (κ3) is 4.97. The van der Waals surface area contributed by atoms with Crippen LogP contribution in [0, 0.1) is 0 Å². The highest BCUT2D eigenvalue weighted by Crippen LogP contribution is 2.33. The van der Waals surface area contributed by atoms with Crippen LogP contribution >= 0.6 is 27.7 Å². The summed E-state index contributed by atoms with van der Waals surface area (Å²) in [4.78, 5) is 12.1. The van der Waals surface area contributed by atoms with Crippen molar-refractivity contribution in [3.05, 3.63) is 22.7 Å². The van der Waals surface area contributed by atoms with Gasteiger partial charge in [0.05, 0.1) is 0 Å². The molecule has 1 aromatic rings. The maximum Gasteiger partial charge on any atom is 0.233 e. The second-order valence-corrected chi connectivity index (χ2v) is 6.06. The largest absolute Gasteiger partial charge is 0.399 e. The molecule has 0 heterocycles. The van der Waals surface area contributed by atoms with Crippen molar-refractivity contribution in [3.8, 4) is 0 Å². The van der Waals surface area contributed by atoms with Crippen LogP contribution in [-0.4, -0.2) is 11.2 Å². The minimum Gasteiger partial charge on any atom is -0.399 e. The van der Waals surface area contributed by atoms with Crippen LogP contribution in [0.1, 0.15) is 19.8 Å². The SMILES string of the molecule is CC(CCC(=O)NN)Sc1ccc(N)cc1Br. The number of nitrogen functional groups attached to an aromatic ring is 1. The van der Waals surface area contributed by atoms with Gasteiger partial charge in [-0.2, -0.15) is 0 Å². The zero-order chi connectivity index (χ0) is 12.8. The highest BCUT2D eigenvalue weighted by Gasteiger charge is 2.09. The molecule has 1 aromatic carbocycles. The molecule has 1 atom stereocenters. The highest BCUT2D eigenvalue weighted by molar-refractivity contribution is 9.10. The van der Waals surface area contributed by atoms with E-state index in [1.807, 2.05) is 18.2 Å². The van der Waals surface area contributed by atoms with E-state index >= 15 is 0 Å². The quantitative estimate of drug-likeness (QED) is 0.256. The van der Waals surface area contributed by atoms with Crippen LogP contribution in [0.25, 0.3) is 0 Å². The Morgan fingerprint density at radius 3 is 2.88 bits per heavy atom. The number of carbonyl (C=O) groups excluding carboxylic acids is 1. The number of benzene rings is 1. The molecule has 0 aromatic heterocycles. The molecule has 0 radical (unpaired) electrons. The first-order chi connectivity index (χ1) is 8.02. The summed E-state index contributed by atoms with van der Waals surface area (Å²) in [5.74, 6) is 4.89. The second kappa shape index (κ2) is 6.88. The van der Waals surface area contributed by atoms with E-state index in [-0.39, 0.29) is 5.91 Å². The molecule has 6 heteroatoms. The average molecular weight is 318 g/mol. The Balaban J connectivity index is 2.50. The zero-order valence-corrected chi connectivity index (χ0v) is 12.0. The third-order valence-corrected chi connectivity index (χ3v) is 4.39. The van der Waals surface area contributed by atoms with Crippen molar-refractivity contribution in [1.29, 1.82) is 0 Å². The molecular weight excluding hydrogens is 302 g/mol. The Hall–Kier alpha value is -0.720. The predicted molar refractivity (Wildman–Crippen MR) is 75.4 cm³/mol. The topological polar surface area (TPSA) is 81.1 Å². The lowest BCUT2D eigenvalue weighted by atomic mass is 10.2. The van der Waals surface area contributed by atoms with Crippen LogP contribution in [0.3, 0.4) is 0 Å². The number of halogens is 1. The van der Waals surface area contributed by atoms with Crippen molar-refractivity contribution in [3.63, 3.8) is 0 Å². The minimum atomic E-state index is -0.131. The van der Waals surface area contributed by atoms with Gasteiger partial charge < -0.3 is 5.73 Å². The molecular formula is C11H16BrN3OS. The number of anilines is 1. The number of nitrogens with two attached hydrogens (primary N) is 2. The summed E-state index contributed by atoms with van der Waals surface area (Å²) in [5, 5.41) is 0.340. The number of carbonyl (C=O) groups is 1. The summed E-state index contributed by atoms with van der Waals surface area (Å²) in [6, 6.07) is 5.72. The lowest BCUT2D eigenvalue weighted by Crippen LogP contribution is -2.30. The van der Waals surface area contributed by atoms with Crippen molar-refractivity contribution in [2.24, 2.45) is 5.84 Å². The van der Waals surface area contributed by atoms with E-state index in [0.717, 1.165) is 21.5 Å². The van der Waals surface area contributed by atoms with Crippen molar-refractivity contribution in [1.82, 2.24) is 5.43 Å². The number of nitrogens with one attached hydrogen (secondary N) is 1. The van der Waals surface area contributed by atoms with Gasteiger partial charge in [-0.05, 0) is 40.5 Å². The van der Waals surface area contributed by atoms with E-state index in [0.29, 0.717) is 11.7 Å². The highest BCUT2D eigenvalue weighted by atomic mass is 79.9. The second-order valence-electron chi connectivity index (χ2n) is 3.72. The molecule has 0 aliphatic rings. The molecule has 94 valence electrons. The molecule has 1 rings (SSSR count). The molecule has 0 fully saturated rings. The van der Waals surface area contributed by atoms with Crippen LogP contribution in [0.2, 0.25) is 0 Å². The van der Waals surface area contributed by atoms with Crippen LogP contribution in [0.4, 0.5) is 5.69 Å². The van der Waals surface area contributed by atoms with Gasteiger partial charge in [-0.15, -0.1) is 11.8 Å². The lowest BCUT2D eigenvalue weighted by molar-refractivity contribution is -0.121. The Labute approximate surface area is 114 Å². The van der Waals surface area contributed by atoms with Gasteiger partial charge in [0.15, 0.2) is 0 Å². The van der Waals surface area contributed by atoms with Gasteiger partial charge in [0.1, 0.15) is 0 Å². The lowest BCUT2D eigenvalue weighted by Gasteiger charge is -2.12. The van der Waals surface area contributed by atoms with Crippen LogP contribution in [0.5, 0.6) is 0 Å². The molecule has 1 unspecified atom stereocenters. The fourth-order valence-electron chi connectivity index (χ4n) is 1.29. The van der Waals surface area contributed by atoms with Crippen LogP contribution < -0.4 is 17.0 Å². The summed E-state index contributed by atoms with van der Waals surface area (Å²) in [6.07, 6.45) is 1.22. The van der Waals surface area contributed by atoms with Gasteiger partial charge in [-0.3, -0.25) is 10.2 Å². The van der Waals surface area contributed by atoms with Gasteiger partial charge >= 0.3 is 0 Å². The summed E-state index contributed by atoms with van der Waals surface area (Å²) in [7, 11) is 0. The number of amides is 1. The van der Waals surface area contributed by atoms with Crippen molar-refractivity contribution < 1.29 is 4.79 Å². The number of hydrogen-bond donors (Lipinski definition) is 3. The molecule has 0 bridgehead atoms. The Kier molecular flexibility index (Phi) is 5.80. The Bertz CT molecular complexity index is 400. The molecule has 0 aliphatic carbocycles. The molecule has 0 saturated carbocycles. The molecule has 0 spiro atoms. The summed E-state index contributed by atoms with van der Waals surface area (Å²) in [6.45, 7) is 2.08. The minimum absolute atomic E-state index is 0.131. The van der Waals surface area contributed by atoms with Gasteiger partial charge in [0.25, 0.3) is 0 Å². The summed E-state index contributed by atoms with van der Waals surface area (Å²) < 4.78 is 0.984. The number of thioether (sulfide) groups is 1. The standard InChI is InChI=1S/C11H16BrN3OS/c1-7(2-5-11(16)15-14)17-10-4-3-8(13)6-9(10)12/h3-4,6-7H,2,5,13-14H2,1H3,(H,15,16). The molecule has 17 heavy (non-hydrogen) atoms. The number of hydrogen-bond acceptors (Lipinski definition) is 4. The molecule has 4 nitrogen and oxygen atoms in total. The van der Waals surface area contributed by atoms with Gasteiger partial charge in [0.2, 0.25) is 5.91 Å². The van der Waals surface area contributed by atoms with Crippen molar-refractivity contribution >= 4 is 39.3 Å². The zero-order valence-electron chi connectivity index (χ0n) is 9.57. The summed E-state index contributed by atoms with van der Waals surface area (Å²) in [5.41, 5.74) is 8.53. The fourth-order valence-corrected chi connectivity index (χ4v) is 2.96. The van der Waals surface area contributed by atoms with E-state index in [1.165, 1.54) is 0 Å².